The first-order valence-corrected chi connectivity index (χ1v) is 4.91. The van der Waals surface area contributed by atoms with E-state index in [0.29, 0.717) is 0 Å². The summed E-state index contributed by atoms with van der Waals surface area (Å²) in [4.78, 5) is 2.61. The number of hydrogen-bond donors (Lipinski definition) is 1. The average Bonchev–Trinajstić information content (AvgIpc) is 2.41. The van der Waals surface area contributed by atoms with E-state index < -0.39 is 0 Å². The van der Waals surface area contributed by atoms with Gasteiger partial charge in [-0.25, -0.2) is 0 Å². The molecular formula is C9H20N2. The van der Waals surface area contributed by atoms with Gasteiger partial charge in [-0.2, -0.15) is 0 Å². The second-order valence-corrected chi connectivity index (χ2v) is 3.06. The molecule has 0 saturated carbocycles. The van der Waals surface area contributed by atoms with Crippen molar-refractivity contribution in [3.63, 3.8) is 0 Å². The lowest BCUT2D eigenvalue weighted by Crippen LogP contribution is -2.56. The fourth-order valence-corrected chi connectivity index (χ4v) is 1.64. The zero-order valence-electron chi connectivity index (χ0n) is 7.77. The van der Waals surface area contributed by atoms with Gasteiger partial charge in [-0.05, 0) is 25.9 Å². The highest BCUT2D eigenvalue weighted by atomic mass is 15.2. The van der Waals surface area contributed by atoms with Crippen molar-refractivity contribution in [3.8, 4) is 0 Å². The van der Waals surface area contributed by atoms with Crippen LogP contribution in [0.2, 0.25) is 0 Å². The van der Waals surface area contributed by atoms with E-state index in [1.54, 1.807) is 0 Å². The van der Waals surface area contributed by atoms with Crippen molar-refractivity contribution >= 4 is 0 Å². The van der Waals surface area contributed by atoms with Gasteiger partial charge in [0.15, 0.2) is 0 Å². The second-order valence-electron chi connectivity index (χ2n) is 3.06. The van der Waals surface area contributed by atoms with E-state index in [2.05, 4.69) is 10.2 Å². The van der Waals surface area contributed by atoms with Gasteiger partial charge < -0.3 is 5.32 Å². The standard InChI is InChI=1S/C7H14N2.C2H6/c1-2-4-9(3-1)7-5-8-6-7;1-2/h7-8H,1-6H2;1-2H3. The summed E-state index contributed by atoms with van der Waals surface area (Å²) in [6.07, 6.45) is 2.85. The van der Waals surface area contributed by atoms with Crippen molar-refractivity contribution in [1.82, 2.24) is 10.2 Å². The van der Waals surface area contributed by atoms with Crippen LogP contribution in [0.25, 0.3) is 0 Å². The smallest absolute Gasteiger partial charge is 0.0345 e. The van der Waals surface area contributed by atoms with Crippen LogP contribution in [0.4, 0.5) is 0 Å². The largest absolute Gasteiger partial charge is 0.314 e. The van der Waals surface area contributed by atoms with Crippen LogP contribution >= 0.6 is 0 Å². The summed E-state index contributed by atoms with van der Waals surface area (Å²) in [5.41, 5.74) is 0. The average molecular weight is 156 g/mol. The fourth-order valence-electron chi connectivity index (χ4n) is 1.64. The van der Waals surface area contributed by atoms with Crippen molar-refractivity contribution in [2.24, 2.45) is 0 Å². The molecule has 0 aromatic carbocycles. The predicted octanol–water partition coefficient (Wildman–Crippen LogP) is 1.08. The lowest BCUT2D eigenvalue weighted by atomic mass is 10.1. The zero-order valence-corrected chi connectivity index (χ0v) is 7.77. The van der Waals surface area contributed by atoms with Gasteiger partial charge in [0.05, 0.1) is 0 Å². The van der Waals surface area contributed by atoms with E-state index >= 15 is 0 Å². The first-order valence-electron chi connectivity index (χ1n) is 4.91. The maximum absolute atomic E-state index is 3.30. The molecule has 2 heteroatoms. The van der Waals surface area contributed by atoms with Crippen LogP contribution in [0.3, 0.4) is 0 Å². The highest BCUT2D eigenvalue weighted by Gasteiger charge is 2.25. The van der Waals surface area contributed by atoms with Gasteiger partial charge >= 0.3 is 0 Å². The minimum absolute atomic E-state index is 0.896. The van der Waals surface area contributed by atoms with Gasteiger partial charge in [0.25, 0.3) is 0 Å². The topological polar surface area (TPSA) is 15.3 Å². The molecule has 2 rings (SSSR count). The normalized spacial score (nSPS) is 25.6. The Kier molecular flexibility index (Phi) is 3.87. The molecule has 2 aliphatic rings. The Morgan fingerprint density at radius 3 is 2.00 bits per heavy atom. The molecular weight excluding hydrogens is 136 g/mol. The molecule has 66 valence electrons. The molecule has 1 N–H and O–H groups in total. The molecule has 2 heterocycles. The Hall–Kier alpha value is -0.0800. The Bertz CT molecular complexity index is 93.7. The summed E-state index contributed by atoms with van der Waals surface area (Å²) in [6, 6.07) is 0.896. The molecule has 11 heavy (non-hydrogen) atoms. The first-order chi connectivity index (χ1) is 5.47. The summed E-state index contributed by atoms with van der Waals surface area (Å²) in [5, 5.41) is 3.30. The molecule has 2 saturated heterocycles. The Morgan fingerprint density at radius 1 is 1.09 bits per heavy atom. The molecule has 2 nitrogen and oxygen atoms in total. The second kappa shape index (κ2) is 4.73. The summed E-state index contributed by atoms with van der Waals surface area (Å²) in [7, 11) is 0. The molecule has 0 unspecified atom stereocenters. The molecule has 0 spiro atoms. The van der Waals surface area contributed by atoms with Crippen molar-refractivity contribution < 1.29 is 0 Å². The van der Waals surface area contributed by atoms with E-state index in [9.17, 15) is 0 Å². The first kappa shape index (κ1) is 9.01. The van der Waals surface area contributed by atoms with Crippen LogP contribution in [0.1, 0.15) is 26.7 Å². The van der Waals surface area contributed by atoms with Crippen LogP contribution in [0.5, 0.6) is 0 Å². The van der Waals surface area contributed by atoms with E-state index in [1.165, 1.54) is 39.0 Å². The maximum Gasteiger partial charge on any atom is 0.0345 e. The van der Waals surface area contributed by atoms with Gasteiger partial charge in [0.2, 0.25) is 0 Å². The predicted molar refractivity (Wildman–Crippen MR) is 48.8 cm³/mol. The number of nitrogens with one attached hydrogen (secondary N) is 1. The number of rotatable bonds is 1. The van der Waals surface area contributed by atoms with Crippen molar-refractivity contribution in [2.45, 2.75) is 32.7 Å². The third kappa shape index (κ3) is 2.17. The summed E-state index contributed by atoms with van der Waals surface area (Å²) in [5.74, 6) is 0. The Labute approximate surface area is 70.0 Å². The van der Waals surface area contributed by atoms with Crippen LogP contribution in [0.15, 0.2) is 0 Å². The van der Waals surface area contributed by atoms with Crippen LogP contribution in [0, 0.1) is 0 Å². The minimum atomic E-state index is 0.896. The highest BCUT2D eigenvalue weighted by Crippen LogP contribution is 2.13. The molecule has 0 aliphatic carbocycles. The molecule has 0 bridgehead atoms. The molecule has 0 atom stereocenters. The lowest BCUT2D eigenvalue weighted by Gasteiger charge is -2.35. The van der Waals surface area contributed by atoms with E-state index in [-0.39, 0.29) is 0 Å². The zero-order chi connectivity index (χ0) is 8.10. The highest BCUT2D eigenvalue weighted by molar-refractivity contribution is 4.86. The Morgan fingerprint density at radius 2 is 1.64 bits per heavy atom. The third-order valence-electron chi connectivity index (χ3n) is 2.42. The molecule has 0 aromatic heterocycles. The van der Waals surface area contributed by atoms with E-state index in [0.717, 1.165) is 6.04 Å². The molecule has 0 aromatic rings. The van der Waals surface area contributed by atoms with Gasteiger partial charge in [0.1, 0.15) is 0 Å². The van der Waals surface area contributed by atoms with Gasteiger partial charge in [-0.1, -0.05) is 13.8 Å². The maximum atomic E-state index is 3.30. The van der Waals surface area contributed by atoms with Crippen molar-refractivity contribution in [1.29, 1.82) is 0 Å². The minimum Gasteiger partial charge on any atom is -0.314 e. The van der Waals surface area contributed by atoms with E-state index in [4.69, 9.17) is 0 Å². The van der Waals surface area contributed by atoms with Gasteiger partial charge in [-0.3, -0.25) is 4.90 Å². The number of hydrogen-bond acceptors (Lipinski definition) is 2. The van der Waals surface area contributed by atoms with Crippen LogP contribution in [-0.2, 0) is 0 Å². The lowest BCUT2D eigenvalue weighted by molar-refractivity contribution is 0.180. The summed E-state index contributed by atoms with van der Waals surface area (Å²) >= 11 is 0. The molecule has 0 amide bonds. The van der Waals surface area contributed by atoms with Gasteiger partial charge in [-0.15, -0.1) is 0 Å². The summed E-state index contributed by atoms with van der Waals surface area (Å²) < 4.78 is 0. The third-order valence-corrected chi connectivity index (χ3v) is 2.42. The molecule has 2 fully saturated rings. The van der Waals surface area contributed by atoms with Crippen LogP contribution in [-0.4, -0.2) is 37.1 Å². The SMILES string of the molecule is C1CCN(C2CNC2)C1.CC. The Balaban J connectivity index is 0.000000281. The van der Waals surface area contributed by atoms with Crippen LogP contribution < -0.4 is 5.32 Å². The van der Waals surface area contributed by atoms with Crippen molar-refractivity contribution in [3.05, 3.63) is 0 Å². The monoisotopic (exact) mass is 156 g/mol. The summed E-state index contributed by atoms with van der Waals surface area (Å²) in [6.45, 7) is 9.18. The number of likely N-dealkylation sites (tertiary alicyclic amines) is 1. The quantitative estimate of drug-likeness (QED) is 0.611. The van der Waals surface area contributed by atoms with E-state index in [1.807, 2.05) is 13.8 Å². The van der Waals surface area contributed by atoms with Gasteiger partial charge in [0, 0.05) is 19.1 Å². The molecule has 2 aliphatic heterocycles. The fraction of sp³-hybridized carbons (Fsp3) is 1.00. The molecule has 0 radical (unpaired) electrons. The van der Waals surface area contributed by atoms with Crippen molar-refractivity contribution in [2.75, 3.05) is 26.2 Å². The number of nitrogens with zero attached hydrogens (tertiary/aromatic N) is 1.